The van der Waals surface area contributed by atoms with E-state index in [1.54, 1.807) is 0 Å². The van der Waals surface area contributed by atoms with Gasteiger partial charge in [0.25, 0.3) is 0 Å². The van der Waals surface area contributed by atoms with Crippen molar-refractivity contribution in [2.45, 2.75) is 96.9 Å². The molecule has 4 rings (SSSR count). The number of carboxylic acid groups (broad SMARTS) is 1. The maximum absolute atomic E-state index is 12.2. The zero-order valence-electron chi connectivity index (χ0n) is 21.1. The van der Waals surface area contributed by atoms with Gasteiger partial charge >= 0.3 is 5.97 Å². The lowest BCUT2D eigenvalue weighted by atomic mass is 9.43. The monoisotopic (exact) mass is 479 g/mol. The van der Waals surface area contributed by atoms with Crippen LogP contribution in [0, 0.1) is 46.3 Å². The molecule has 0 amide bonds. The van der Waals surface area contributed by atoms with Crippen LogP contribution < -0.4 is 5.32 Å². The van der Waals surface area contributed by atoms with Crippen molar-refractivity contribution in [3.8, 4) is 0 Å². The van der Waals surface area contributed by atoms with Crippen LogP contribution in [0.3, 0.4) is 0 Å². The fourth-order valence-corrected chi connectivity index (χ4v) is 9.12. The van der Waals surface area contributed by atoms with Crippen molar-refractivity contribution in [1.82, 2.24) is 5.32 Å². The third-order valence-electron chi connectivity index (χ3n) is 11.0. The van der Waals surface area contributed by atoms with E-state index < -0.39 is 12.1 Å². The van der Waals surface area contributed by atoms with Crippen molar-refractivity contribution >= 4 is 11.8 Å². The molecule has 0 radical (unpaired) electrons. The number of fused-ring (bicyclic) bond motifs is 5. The Morgan fingerprint density at radius 3 is 2.44 bits per heavy atom. The Morgan fingerprint density at radius 1 is 1.00 bits per heavy atom. The SMILES string of the molecule is CC(CCC(=O)CNCC(=O)O)C1CCC2C3C(O)CC4CC(O)CCC4(C)C3CC(O)C12C. The lowest BCUT2D eigenvalue weighted by molar-refractivity contribution is -0.207. The van der Waals surface area contributed by atoms with Gasteiger partial charge in [-0.1, -0.05) is 20.8 Å². The molecule has 0 spiro atoms. The van der Waals surface area contributed by atoms with E-state index >= 15 is 0 Å². The Labute approximate surface area is 203 Å². The number of hydrogen-bond acceptors (Lipinski definition) is 6. The number of Topliss-reactive ketones (excluding diaryl/α,β-unsaturated/α-hetero) is 1. The van der Waals surface area contributed by atoms with Crippen LogP contribution >= 0.6 is 0 Å². The maximum Gasteiger partial charge on any atom is 0.317 e. The molecule has 0 aromatic rings. The van der Waals surface area contributed by atoms with E-state index in [-0.39, 0.29) is 65.6 Å². The summed E-state index contributed by atoms with van der Waals surface area (Å²) in [6.07, 6.45) is 6.16. The van der Waals surface area contributed by atoms with Gasteiger partial charge in [-0.2, -0.15) is 0 Å². The molecule has 11 unspecified atom stereocenters. The number of carboxylic acids is 1. The summed E-state index contributed by atoms with van der Waals surface area (Å²) in [5.41, 5.74) is -0.186. The normalized spacial score (nSPS) is 46.8. The standard InChI is InChI=1S/C27H45NO6/c1-15(4-5-18(30)13-28-14-24(33)34)19-6-7-20-25-21(12-23(32)27(19,20)3)26(2)9-8-17(29)10-16(26)11-22(25)31/h15-17,19-23,25,28-29,31-32H,4-14H2,1-3H3,(H,33,34). The van der Waals surface area contributed by atoms with E-state index in [0.717, 1.165) is 51.4 Å². The molecule has 0 saturated heterocycles. The van der Waals surface area contributed by atoms with Crippen molar-refractivity contribution in [2.75, 3.05) is 13.1 Å². The van der Waals surface area contributed by atoms with Gasteiger partial charge in [0.05, 0.1) is 31.4 Å². The minimum absolute atomic E-state index is 0.0261. The highest BCUT2D eigenvalue weighted by Crippen LogP contribution is 2.68. The average Bonchev–Trinajstić information content (AvgIpc) is 3.12. The molecule has 11 atom stereocenters. The topological polar surface area (TPSA) is 127 Å². The van der Waals surface area contributed by atoms with Crippen LogP contribution in [0.25, 0.3) is 0 Å². The van der Waals surface area contributed by atoms with Crippen molar-refractivity contribution in [1.29, 1.82) is 0 Å². The number of ketones is 1. The second-order valence-corrected chi connectivity index (χ2v) is 12.6. The van der Waals surface area contributed by atoms with Crippen molar-refractivity contribution in [2.24, 2.45) is 46.3 Å². The van der Waals surface area contributed by atoms with Gasteiger partial charge in [0.1, 0.15) is 5.78 Å². The molecule has 4 saturated carbocycles. The van der Waals surface area contributed by atoms with Crippen LogP contribution in [0.1, 0.15) is 78.6 Å². The van der Waals surface area contributed by atoms with Crippen LogP contribution in [0.2, 0.25) is 0 Å². The summed E-state index contributed by atoms with van der Waals surface area (Å²) in [6, 6.07) is 0. The van der Waals surface area contributed by atoms with E-state index in [1.165, 1.54) is 0 Å². The highest BCUT2D eigenvalue weighted by atomic mass is 16.4. The van der Waals surface area contributed by atoms with Gasteiger partial charge in [-0.05, 0) is 97.7 Å². The molecular formula is C27H45NO6. The first kappa shape index (κ1) is 26.1. The zero-order valence-corrected chi connectivity index (χ0v) is 21.1. The Hall–Kier alpha value is -1.02. The van der Waals surface area contributed by atoms with Crippen molar-refractivity contribution < 1.29 is 30.0 Å². The Morgan fingerprint density at radius 2 is 1.74 bits per heavy atom. The molecule has 0 heterocycles. The lowest BCUT2D eigenvalue weighted by Gasteiger charge is -2.63. The van der Waals surface area contributed by atoms with Crippen molar-refractivity contribution in [3.05, 3.63) is 0 Å². The number of aliphatic hydroxyl groups is 3. The molecule has 0 aromatic carbocycles. The highest BCUT2D eigenvalue weighted by molar-refractivity contribution is 5.81. The predicted molar refractivity (Wildman–Crippen MR) is 128 cm³/mol. The van der Waals surface area contributed by atoms with Crippen LogP contribution in [-0.2, 0) is 9.59 Å². The lowest BCUT2D eigenvalue weighted by Crippen LogP contribution is -2.62. The molecule has 0 aromatic heterocycles. The zero-order chi connectivity index (χ0) is 24.8. The molecule has 4 aliphatic carbocycles. The molecule has 4 fully saturated rings. The smallest absolute Gasteiger partial charge is 0.317 e. The molecule has 194 valence electrons. The second-order valence-electron chi connectivity index (χ2n) is 12.6. The second kappa shape index (κ2) is 9.79. The van der Waals surface area contributed by atoms with Gasteiger partial charge in [0.2, 0.25) is 0 Å². The third kappa shape index (κ3) is 4.46. The molecule has 5 N–H and O–H groups in total. The summed E-state index contributed by atoms with van der Waals surface area (Å²) < 4.78 is 0. The summed E-state index contributed by atoms with van der Waals surface area (Å²) in [5.74, 6) is 0.727. The van der Waals surface area contributed by atoms with E-state index in [2.05, 4.69) is 26.1 Å². The molecule has 7 nitrogen and oxygen atoms in total. The third-order valence-corrected chi connectivity index (χ3v) is 11.0. The molecule has 0 aliphatic heterocycles. The first-order valence-corrected chi connectivity index (χ1v) is 13.5. The van der Waals surface area contributed by atoms with Crippen molar-refractivity contribution in [3.63, 3.8) is 0 Å². The first-order valence-electron chi connectivity index (χ1n) is 13.5. The molecule has 4 aliphatic rings. The van der Waals surface area contributed by atoms with Gasteiger partial charge in [-0.3, -0.25) is 9.59 Å². The van der Waals surface area contributed by atoms with Crippen LogP contribution in [-0.4, -0.2) is 63.6 Å². The van der Waals surface area contributed by atoms with E-state index in [4.69, 9.17) is 5.11 Å². The summed E-state index contributed by atoms with van der Waals surface area (Å²) >= 11 is 0. The fraction of sp³-hybridized carbons (Fsp3) is 0.926. The minimum Gasteiger partial charge on any atom is -0.480 e. The fourth-order valence-electron chi connectivity index (χ4n) is 9.12. The Kier molecular flexibility index (Phi) is 7.51. The number of nitrogens with one attached hydrogen (secondary N) is 1. The largest absolute Gasteiger partial charge is 0.480 e. The van der Waals surface area contributed by atoms with Gasteiger partial charge in [0.15, 0.2) is 0 Å². The summed E-state index contributed by atoms with van der Waals surface area (Å²) in [5, 5.41) is 44.6. The quantitative estimate of drug-likeness (QED) is 0.362. The number of hydrogen-bond donors (Lipinski definition) is 5. The average molecular weight is 480 g/mol. The van der Waals surface area contributed by atoms with Crippen LogP contribution in [0.5, 0.6) is 0 Å². The Bertz CT molecular complexity index is 774. The van der Waals surface area contributed by atoms with Crippen LogP contribution in [0.4, 0.5) is 0 Å². The predicted octanol–water partition coefficient (Wildman–Crippen LogP) is 2.61. The summed E-state index contributed by atoms with van der Waals surface area (Å²) in [4.78, 5) is 22.9. The van der Waals surface area contributed by atoms with Crippen LogP contribution in [0.15, 0.2) is 0 Å². The molecule has 7 heteroatoms. The van der Waals surface area contributed by atoms with Gasteiger partial charge in [0, 0.05) is 6.42 Å². The van der Waals surface area contributed by atoms with E-state index in [0.29, 0.717) is 18.3 Å². The minimum atomic E-state index is -0.967. The van der Waals surface area contributed by atoms with E-state index in [9.17, 15) is 24.9 Å². The van der Waals surface area contributed by atoms with Gasteiger partial charge in [-0.25, -0.2) is 0 Å². The number of aliphatic hydroxyl groups excluding tert-OH is 3. The summed E-state index contributed by atoms with van der Waals surface area (Å²) in [6.45, 7) is 6.64. The number of carbonyl (C=O) groups is 2. The maximum atomic E-state index is 12.2. The van der Waals surface area contributed by atoms with Gasteiger partial charge < -0.3 is 25.7 Å². The summed E-state index contributed by atoms with van der Waals surface area (Å²) in [7, 11) is 0. The number of aliphatic carboxylic acids is 1. The highest BCUT2D eigenvalue weighted by Gasteiger charge is 2.65. The molecule has 0 bridgehead atoms. The Balaban J connectivity index is 1.45. The van der Waals surface area contributed by atoms with E-state index in [1.807, 2.05) is 0 Å². The number of carbonyl (C=O) groups excluding carboxylic acids is 1. The molecular weight excluding hydrogens is 434 g/mol. The first-order chi connectivity index (χ1) is 16.0. The number of rotatable bonds is 8. The molecule has 34 heavy (non-hydrogen) atoms. The van der Waals surface area contributed by atoms with Gasteiger partial charge in [-0.15, -0.1) is 0 Å².